The number of benzene rings is 1. The van der Waals surface area contributed by atoms with Gasteiger partial charge in [-0.15, -0.1) is 0 Å². The molecule has 0 bridgehead atoms. The van der Waals surface area contributed by atoms with Crippen LogP contribution >= 0.6 is 0 Å². The topological polar surface area (TPSA) is 42.2 Å². The second-order valence-corrected chi connectivity index (χ2v) is 3.51. The first-order valence-corrected chi connectivity index (χ1v) is 4.60. The molecule has 1 amide bonds. The molecule has 1 unspecified atom stereocenters. The Labute approximate surface area is 80.7 Å². The van der Waals surface area contributed by atoms with Crippen molar-refractivity contribution in [2.45, 2.75) is 12.5 Å². The van der Waals surface area contributed by atoms with E-state index in [1.807, 2.05) is 24.3 Å². The van der Waals surface area contributed by atoms with Crippen molar-refractivity contribution in [3.05, 3.63) is 36.1 Å². The molecule has 0 radical (unpaired) electrons. The van der Waals surface area contributed by atoms with Gasteiger partial charge in [-0.3, -0.25) is 4.79 Å². The van der Waals surface area contributed by atoms with Crippen LogP contribution in [0, 0.1) is 0 Å². The molecule has 1 aromatic heterocycles. The van der Waals surface area contributed by atoms with E-state index in [-0.39, 0.29) is 11.9 Å². The highest BCUT2D eigenvalue weighted by molar-refractivity contribution is 5.88. The minimum absolute atomic E-state index is 0.111. The van der Waals surface area contributed by atoms with Gasteiger partial charge in [0.25, 0.3) is 0 Å². The van der Waals surface area contributed by atoms with E-state index in [4.69, 9.17) is 4.42 Å². The highest BCUT2D eigenvalue weighted by Gasteiger charge is 2.29. The Kier molecular flexibility index (Phi) is 1.42. The molecule has 2 aromatic rings. The zero-order valence-electron chi connectivity index (χ0n) is 7.49. The van der Waals surface area contributed by atoms with Gasteiger partial charge >= 0.3 is 0 Å². The average Bonchev–Trinajstić information content (AvgIpc) is 2.56. The summed E-state index contributed by atoms with van der Waals surface area (Å²) in [6, 6.07) is 8.00. The van der Waals surface area contributed by atoms with Crippen LogP contribution in [0.15, 0.2) is 34.9 Å². The third-order valence-electron chi connectivity index (χ3n) is 2.61. The Morgan fingerprint density at radius 2 is 2.14 bits per heavy atom. The summed E-state index contributed by atoms with van der Waals surface area (Å²) in [5, 5.41) is 3.93. The molecule has 1 N–H and O–H groups in total. The standard InChI is InChI=1S/C11H9NO2/c13-11-5-9(12-11)8-6-14-10-4-2-1-3-7(8)10/h1-4,6,9H,5H2,(H,12,13). The number of carbonyl (C=O) groups excluding carboxylic acids is 1. The molecule has 3 nitrogen and oxygen atoms in total. The fourth-order valence-electron chi connectivity index (χ4n) is 1.81. The number of rotatable bonds is 1. The molecule has 3 rings (SSSR count). The van der Waals surface area contributed by atoms with Crippen molar-refractivity contribution in [3.8, 4) is 0 Å². The van der Waals surface area contributed by atoms with Crippen LogP contribution in [0.4, 0.5) is 0 Å². The van der Waals surface area contributed by atoms with Crippen LogP contribution in [0.5, 0.6) is 0 Å². The highest BCUT2D eigenvalue weighted by Crippen LogP contribution is 2.31. The number of hydrogen-bond donors (Lipinski definition) is 1. The molecule has 3 heteroatoms. The van der Waals surface area contributed by atoms with Gasteiger partial charge in [0.1, 0.15) is 5.58 Å². The summed E-state index contributed by atoms with van der Waals surface area (Å²) in [4.78, 5) is 10.8. The predicted octanol–water partition coefficient (Wildman–Crippen LogP) is 1.99. The fourth-order valence-corrected chi connectivity index (χ4v) is 1.81. The number of amides is 1. The molecule has 1 fully saturated rings. The van der Waals surface area contributed by atoms with Crippen LogP contribution in [0.1, 0.15) is 18.0 Å². The lowest BCUT2D eigenvalue weighted by atomic mass is 9.97. The number of nitrogens with one attached hydrogen (secondary N) is 1. The molecule has 1 saturated heterocycles. The SMILES string of the molecule is O=C1CC(c2coc3ccccc23)N1. The largest absolute Gasteiger partial charge is 0.464 e. The van der Waals surface area contributed by atoms with Crippen LogP contribution in [-0.4, -0.2) is 5.91 Å². The lowest BCUT2D eigenvalue weighted by molar-refractivity contribution is -0.128. The van der Waals surface area contributed by atoms with Crippen molar-refractivity contribution >= 4 is 16.9 Å². The van der Waals surface area contributed by atoms with Gasteiger partial charge in [-0.2, -0.15) is 0 Å². The maximum absolute atomic E-state index is 10.8. The van der Waals surface area contributed by atoms with Crippen molar-refractivity contribution in [2.24, 2.45) is 0 Å². The monoisotopic (exact) mass is 187 g/mol. The molecular formula is C11H9NO2. The van der Waals surface area contributed by atoms with Gasteiger partial charge in [-0.25, -0.2) is 0 Å². The van der Waals surface area contributed by atoms with E-state index in [0.717, 1.165) is 16.5 Å². The summed E-state index contributed by atoms with van der Waals surface area (Å²) in [6.07, 6.45) is 2.30. The normalized spacial score (nSPS) is 20.6. The summed E-state index contributed by atoms with van der Waals surface area (Å²) in [7, 11) is 0. The van der Waals surface area contributed by atoms with Gasteiger partial charge in [-0.1, -0.05) is 18.2 Å². The number of para-hydroxylation sites is 1. The van der Waals surface area contributed by atoms with Crippen molar-refractivity contribution in [1.29, 1.82) is 0 Å². The number of furan rings is 1. The summed E-state index contributed by atoms with van der Waals surface area (Å²) in [5.74, 6) is 0.111. The Morgan fingerprint density at radius 1 is 1.36 bits per heavy atom. The summed E-state index contributed by atoms with van der Waals surface area (Å²) >= 11 is 0. The Morgan fingerprint density at radius 3 is 2.93 bits per heavy atom. The van der Waals surface area contributed by atoms with Crippen LogP contribution in [0.25, 0.3) is 11.0 Å². The lowest BCUT2D eigenvalue weighted by Gasteiger charge is -2.25. The predicted molar refractivity (Wildman–Crippen MR) is 51.7 cm³/mol. The van der Waals surface area contributed by atoms with Gasteiger partial charge in [0.2, 0.25) is 5.91 Å². The molecular weight excluding hydrogens is 178 g/mol. The lowest BCUT2D eigenvalue weighted by Crippen LogP contribution is -2.41. The minimum Gasteiger partial charge on any atom is -0.464 e. The number of fused-ring (bicyclic) bond motifs is 1. The third-order valence-corrected chi connectivity index (χ3v) is 2.61. The zero-order valence-corrected chi connectivity index (χ0v) is 7.49. The van der Waals surface area contributed by atoms with Crippen molar-refractivity contribution in [3.63, 3.8) is 0 Å². The van der Waals surface area contributed by atoms with E-state index in [9.17, 15) is 4.79 Å². The van der Waals surface area contributed by atoms with Gasteiger partial charge < -0.3 is 9.73 Å². The quantitative estimate of drug-likeness (QED) is 0.694. The maximum Gasteiger partial charge on any atom is 0.222 e. The summed E-state index contributed by atoms with van der Waals surface area (Å²) in [5.41, 5.74) is 1.96. The van der Waals surface area contributed by atoms with Crippen molar-refractivity contribution < 1.29 is 9.21 Å². The molecule has 70 valence electrons. The smallest absolute Gasteiger partial charge is 0.222 e. The molecule has 0 saturated carbocycles. The van der Waals surface area contributed by atoms with Crippen molar-refractivity contribution in [1.82, 2.24) is 5.32 Å². The molecule has 0 spiro atoms. The zero-order chi connectivity index (χ0) is 9.54. The molecule has 14 heavy (non-hydrogen) atoms. The second-order valence-electron chi connectivity index (χ2n) is 3.51. The number of β-lactam (4-membered cyclic amide) rings is 1. The van der Waals surface area contributed by atoms with E-state index >= 15 is 0 Å². The first-order chi connectivity index (χ1) is 6.84. The third kappa shape index (κ3) is 0.954. The Bertz CT molecular complexity index is 493. The van der Waals surface area contributed by atoms with Gasteiger partial charge in [0.05, 0.1) is 18.7 Å². The van der Waals surface area contributed by atoms with E-state index < -0.39 is 0 Å². The van der Waals surface area contributed by atoms with Crippen LogP contribution in [0.2, 0.25) is 0 Å². The van der Waals surface area contributed by atoms with E-state index in [2.05, 4.69) is 5.32 Å². The molecule has 1 aliphatic heterocycles. The highest BCUT2D eigenvalue weighted by atomic mass is 16.3. The average molecular weight is 187 g/mol. The molecule has 1 aromatic carbocycles. The van der Waals surface area contributed by atoms with Gasteiger partial charge in [0, 0.05) is 10.9 Å². The first-order valence-electron chi connectivity index (χ1n) is 4.60. The van der Waals surface area contributed by atoms with E-state index in [1.54, 1.807) is 6.26 Å². The van der Waals surface area contributed by atoms with Crippen LogP contribution in [0.3, 0.4) is 0 Å². The minimum atomic E-state index is 0.111. The van der Waals surface area contributed by atoms with Gasteiger partial charge in [-0.05, 0) is 6.07 Å². The molecule has 1 aliphatic rings. The molecule has 1 atom stereocenters. The Hall–Kier alpha value is -1.77. The maximum atomic E-state index is 10.8. The first kappa shape index (κ1) is 7.62. The van der Waals surface area contributed by atoms with Gasteiger partial charge in [0.15, 0.2) is 0 Å². The van der Waals surface area contributed by atoms with Crippen LogP contribution < -0.4 is 5.32 Å². The fraction of sp³-hybridized carbons (Fsp3) is 0.182. The summed E-state index contributed by atoms with van der Waals surface area (Å²) in [6.45, 7) is 0. The number of carbonyl (C=O) groups is 1. The van der Waals surface area contributed by atoms with Crippen molar-refractivity contribution in [2.75, 3.05) is 0 Å². The summed E-state index contributed by atoms with van der Waals surface area (Å²) < 4.78 is 5.39. The number of hydrogen-bond acceptors (Lipinski definition) is 2. The Balaban J connectivity index is 2.09. The molecule has 2 heterocycles. The second kappa shape index (κ2) is 2.61. The van der Waals surface area contributed by atoms with E-state index in [0.29, 0.717) is 6.42 Å². The van der Waals surface area contributed by atoms with E-state index in [1.165, 1.54) is 0 Å². The molecule has 0 aliphatic carbocycles. The van der Waals surface area contributed by atoms with Crippen LogP contribution in [-0.2, 0) is 4.79 Å².